The van der Waals surface area contributed by atoms with Gasteiger partial charge in [0.15, 0.2) is 5.41 Å². The zero-order chi connectivity index (χ0) is 19.3. The molecule has 3 heterocycles. The molecule has 1 N–H and O–H groups in total. The maximum atomic E-state index is 10.3. The minimum atomic E-state index is -1.89. The predicted molar refractivity (Wildman–Crippen MR) is 91.5 cm³/mol. The van der Waals surface area contributed by atoms with Crippen LogP contribution in [0, 0.1) is 62.1 Å². The number of furan rings is 1. The third-order valence-corrected chi connectivity index (χ3v) is 6.56. The van der Waals surface area contributed by atoms with E-state index in [0.717, 1.165) is 19.3 Å². The second-order valence-electron chi connectivity index (χ2n) is 7.73. The Morgan fingerprint density at radius 1 is 1.26 bits per heavy atom. The van der Waals surface area contributed by atoms with Crippen LogP contribution in [0.15, 0.2) is 23.0 Å². The van der Waals surface area contributed by atoms with Crippen LogP contribution in [0.5, 0.6) is 0 Å². The summed E-state index contributed by atoms with van der Waals surface area (Å²) in [5.74, 6) is -1.62. The Kier molecular flexibility index (Phi) is 3.81. The van der Waals surface area contributed by atoms with Crippen LogP contribution in [0.25, 0.3) is 0 Å². The van der Waals surface area contributed by atoms with Crippen LogP contribution < -0.4 is 0 Å². The van der Waals surface area contributed by atoms with Crippen LogP contribution >= 0.6 is 0 Å². The average molecular weight is 364 g/mol. The van der Waals surface area contributed by atoms with E-state index < -0.39 is 28.6 Å². The van der Waals surface area contributed by atoms with Crippen molar-refractivity contribution in [2.24, 2.45) is 22.7 Å². The second-order valence-corrected chi connectivity index (χ2v) is 7.73. The van der Waals surface area contributed by atoms with Gasteiger partial charge in [0.25, 0.3) is 0 Å². The summed E-state index contributed by atoms with van der Waals surface area (Å²) in [6.45, 7) is 2.11. The van der Waals surface area contributed by atoms with Crippen LogP contribution in [-0.2, 0) is 9.47 Å². The molecule has 7 nitrogen and oxygen atoms in total. The molecule has 1 aromatic rings. The van der Waals surface area contributed by atoms with E-state index in [1.807, 2.05) is 0 Å². The fraction of sp³-hybridized carbons (Fsp3) is 0.600. The summed E-state index contributed by atoms with van der Waals surface area (Å²) in [7, 11) is 0. The number of rotatable bonds is 3. The number of nitrogens with zero attached hydrogens (tertiary/aromatic N) is 3. The Labute approximate surface area is 157 Å². The molecule has 1 aromatic heterocycles. The lowest BCUT2D eigenvalue weighted by Gasteiger charge is -2.52. The highest BCUT2D eigenvalue weighted by molar-refractivity contribution is 5.89. The monoisotopic (exact) mass is 364 g/mol. The van der Waals surface area contributed by atoms with Crippen molar-refractivity contribution in [3.63, 3.8) is 0 Å². The van der Waals surface area contributed by atoms with Crippen LogP contribution in [0.3, 0.4) is 0 Å². The molecule has 27 heavy (non-hydrogen) atoms. The molecule has 2 aliphatic heterocycles. The van der Waals surface area contributed by atoms with Gasteiger partial charge in [0.05, 0.1) is 36.7 Å². The van der Waals surface area contributed by atoms with Gasteiger partial charge in [-0.15, -0.1) is 0 Å². The molecule has 0 aromatic carbocycles. The summed E-state index contributed by atoms with van der Waals surface area (Å²) in [6, 6.07) is 7.94. The molecule has 4 rings (SSSR count). The number of hydrogen-bond acceptors (Lipinski definition) is 7. The molecule has 5 atom stereocenters. The summed E-state index contributed by atoms with van der Waals surface area (Å²) in [6.07, 6.45) is 5.86. The molecular weight excluding hydrogens is 344 g/mol. The molecule has 138 valence electrons. The van der Waals surface area contributed by atoms with Crippen LogP contribution in [-0.4, -0.2) is 11.7 Å². The van der Waals surface area contributed by atoms with E-state index in [1.165, 1.54) is 12.5 Å². The smallest absolute Gasteiger partial charge is 0.217 e. The summed E-state index contributed by atoms with van der Waals surface area (Å²) in [4.78, 5) is 0. The first-order valence-corrected chi connectivity index (χ1v) is 9.25. The highest BCUT2D eigenvalue weighted by atomic mass is 16.7. The minimum absolute atomic E-state index is 0.318. The Morgan fingerprint density at radius 3 is 2.63 bits per heavy atom. The van der Waals surface area contributed by atoms with Crippen molar-refractivity contribution in [1.29, 1.82) is 21.2 Å². The number of nitriles is 3. The van der Waals surface area contributed by atoms with Gasteiger partial charge in [-0.2, -0.15) is 15.8 Å². The molecule has 3 aliphatic rings. The molecule has 7 heteroatoms. The van der Waals surface area contributed by atoms with Crippen molar-refractivity contribution in [2.45, 2.75) is 50.9 Å². The van der Waals surface area contributed by atoms with E-state index in [1.54, 1.807) is 6.07 Å². The molecule has 2 saturated heterocycles. The van der Waals surface area contributed by atoms with E-state index in [0.29, 0.717) is 24.3 Å². The lowest BCUT2D eigenvalue weighted by atomic mass is 9.50. The first-order chi connectivity index (χ1) is 13.0. The molecule has 1 aliphatic carbocycles. The van der Waals surface area contributed by atoms with E-state index in [4.69, 9.17) is 19.3 Å². The van der Waals surface area contributed by atoms with E-state index in [-0.39, 0.29) is 5.90 Å². The van der Waals surface area contributed by atoms with Crippen LogP contribution in [0.2, 0.25) is 0 Å². The molecule has 2 bridgehead atoms. The standard InChI is InChI=1S/C20H20N4O3/c1-2-3-13-4-6-20-15(8-13)19(12-23,17(24)27-20)18(10-21,11-22)16(26-20)14-5-7-25-9-14/h5,7,9,13,15-16,24H,2-4,6,8H2,1H3. The van der Waals surface area contributed by atoms with Gasteiger partial charge in [-0.3, -0.25) is 5.41 Å². The highest BCUT2D eigenvalue weighted by Crippen LogP contribution is 2.70. The van der Waals surface area contributed by atoms with Gasteiger partial charge in [-0.1, -0.05) is 19.8 Å². The third-order valence-electron chi connectivity index (χ3n) is 6.56. The van der Waals surface area contributed by atoms with Crippen LogP contribution in [0.4, 0.5) is 0 Å². The van der Waals surface area contributed by atoms with Crippen LogP contribution in [0.1, 0.15) is 50.7 Å². The largest absolute Gasteiger partial charge is 0.472 e. The summed E-state index contributed by atoms with van der Waals surface area (Å²) in [5, 5.41) is 39.0. The Hall–Kier alpha value is -2.82. The van der Waals surface area contributed by atoms with Crippen molar-refractivity contribution in [3.8, 4) is 18.2 Å². The van der Waals surface area contributed by atoms with Gasteiger partial charge in [0.1, 0.15) is 6.10 Å². The van der Waals surface area contributed by atoms with Crippen molar-refractivity contribution in [1.82, 2.24) is 0 Å². The topological polar surface area (TPSA) is 127 Å². The summed E-state index contributed by atoms with van der Waals surface area (Å²) >= 11 is 0. The zero-order valence-electron chi connectivity index (χ0n) is 15.1. The first kappa shape index (κ1) is 17.6. The minimum Gasteiger partial charge on any atom is -0.472 e. The molecule has 0 radical (unpaired) electrons. The van der Waals surface area contributed by atoms with Gasteiger partial charge in [-0.05, 0) is 24.8 Å². The van der Waals surface area contributed by atoms with Gasteiger partial charge >= 0.3 is 0 Å². The van der Waals surface area contributed by atoms with Gasteiger partial charge in [0, 0.05) is 12.0 Å². The zero-order valence-corrected chi connectivity index (χ0v) is 15.1. The SMILES string of the molecule is CCCC1CCC23OC(=N)C(C#N)(C2C1)C(C#N)(C#N)C(c1ccoc1)O3. The quantitative estimate of drug-likeness (QED) is 0.868. The van der Waals surface area contributed by atoms with E-state index >= 15 is 0 Å². The first-order valence-electron chi connectivity index (χ1n) is 9.25. The number of hydrogen-bond donors (Lipinski definition) is 1. The summed E-state index contributed by atoms with van der Waals surface area (Å²) < 4.78 is 17.3. The lowest BCUT2D eigenvalue weighted by molar-refractivity contribution is -0.299. The lowest BCUT2D eigenvalue weighted by Crippen LogP contribution is -2.61. The normalized spacial score (nSPS) is 38.7. The fourth-order valence-corrected chi connectivity index (χ4v) is 5.31. The van der Waals surface area contributed by atoms with Gasteiger partial charge in [0.2, 0.25) is 17.1 Å². The van der Waals surface area contributed by atoms with Crippen molar-refractivity contribution < 1.29 is 13.9 Å². The molecule has 0 spiro atoms. The van der Waals surface area contributed by atoms with Gasteiger partial charge in [-0.25, -0.2) is 0 Å². The molecule has 5 unspecified atom stereocenters. The number of ether oxygens (including phenoxy) is 2. The number of nitrogens with one attached hydrogen (secondary N) is 1. The van der Waals surface area contributed by atoms with E-state index in [9.17, 15) is 15.8 Å². The summed E-state index contributed by atoms with van der Waals surface area (Å²) in [5.41, 5.74) is -3.05. The average Bonchev–Trinajstić information content (AvgIpc) is 3.27. The predicted octanol–water partition coefficient (Wildman–Crippen LogP) is 3.81. The van der Waals surface area contributed by atoms with Crippen molar-refractivity contribution >= 4 is 5.90 Å². The Morgan fingerprint density at radius 2 is 2.04 bits per heavy atom. The highest BCUT2D eigenvalue weighted by Gasteiger charge is 2.81. The third kappa shape index (κ3) is 1.94. The second kappa shape index (κ2) is 5.84. The van der Waals surface area contributed by atoms with Crippen molar-refractivity contribution in [2.75, 3.05) is 0 Å². The fourth-order valence-electron chi connectivity index (χ4n) is 5.31. The maximum Gasteiger partial charge on any atom is 0.217 e. The van der Waals surface area contributed by atoms with Crippen molar-refractivity contribution in [3.05, 3.63) is 24.2 Å². The Bertz CT molecular complexity index is 876. The molecule has 0 amide bonds. The maximum absolute atomic E-state index is 10.3. The molecular formula is C20H20N4O3. The van der Waals surface area contributed by atoms with Gasteiger partial charge < -0.3 is 13.9 Å². The Balaban J connectivity index is 1.92. The molecule has 1 saturated carbocycles. The van der Waals surface area contributed by atoms with E-state index in [2.05, 4.69) is 25.1 Å². The molecule has 3 fully saturated rings.